The first kappa shape index (κ1) is 16.3. The summed E-state index contributed by atoms with van der Waals surface area (Å²) in [5.74, 6) is 2.39. The van der Waals surface area contributed by atoms with E-state index < -0.39 is 0 Å². The number of hydrogen-bond donors (Lipinski definition) is 1. The highest BCUT2D eigenvalue weighted by atomic mass is 15.1. The molecule has 3 unspecified atom stereocenters. The van der Waals surface area contributed by atoms with Gasteiger partial charge in [-0.3, -0.25) is 0 Å². The molecule has 0 aliphatic heterocycles. The van der Waals surface area contributed by atoms with Crippen LogP contribution in [0.1, 0.15) is 66.2 Å². The van der Waals surface area contributed by atoms with Gasteiger partial charge in [0.05, 0.1) is 0 Å². The second kappa shape index (κ2) is 6.36. The van der Waals surface area contributed by atoms with Crippen LogP contribution < -0.4 is 5.73 Å². The summed E-state index contributed by atoms with van der Waals surface area (Å²) in [4.78, 5) is 2.67. The Balaban J connectivity index is 1.92. The van der Waals surface area contributed by atoms with Crippen molar-refractivity contribution in [1.82, 2.24) is 4.90 Å². The molecule has 118 valence electrons. The zero-order valence-electron chi connectivity index (χ0n) is 14.4. The molecular formula is C18H36N2. The average molecular weight is 281 g/mol. The Morgan fingerprint density at radius 3 is 2.20 bits per heavy atom. The molecule has 0 aromatic heterocycles. The van der Waals surface area contributed by atoms with Crippen molar-refractivity contribution in [3.8, 4) is 0 Å². The molecule has 0 aromatic carbocycles. The fourth-order valence-electron chi connectivity index (χ4n) is 4.45. The smallest absolute Gasteiger partial charge is 0.00925 e. The molecule has 0 amide bonds. The third-order valence-corrected chi connectivity index (χ3v) is 6.83. The van der Waals surface area contributed by atoms with Crippen LogP contribution in [-0.2, 0) is 0 Å². The Labute approximate surface area is 126 Å². The Morgan fingerprint density at radius 1 is 1.00 bits per heavy atom. The molecule has 2 fully saturated rings. The predicted octanol–water partition coefficient (Wildman–Crippen LogP) is 3.90. The van der Waals surface area contributed by atoms with Crippen molar-refractivity contribution < 1.29 is 0 Å². The van der Waals surface area contributed by atoms with Crippen LogP contribution in [0, 0.1) is 23.2 Å². The Bertz CT molecular complexity index is 305. The van der Waals surface area contributed by atoms with E-state index >= 15 is 0 Å². The molecule has 0 bridgehead atoms. The van der Waals surface area contributed by atoms with Gasteiger partial charge in [-0.1, -0.05) is 27.7 Å². The maximum absolute atomic E-state index is 6.29. The monoisotopic (exact) mass is 280 g/mol. The predicted molar refractivity (Wildman–Crippen MR) is 87.7 cm³/mol. The van der Waals surface area contributed by atoms with E-state index in [1.54, 1.807) is 0 Å². The maximum atomic E-state index is 6.29. The summed E-state index contributed by atoms with van der Waals surface area (Å²) in [6.45, 7) is 10.9. The molecule has 2 N–H and O–H groups in total. The van der Waals surface area contributed by atoms with Crippen molar-refractivity contribution in [3.63, 3.8) is 0 Å². The van der Waals surface area contributed by atoms with E-state index in [1.807, 2.05) is 0 Å². The second-order valence-corrected chi connectivity index (χ2v) is 8.40. The summed E-state index contributed by atoms with van der Waals surface area (Å²) in [7, 11) is 2.36. The lowest BCUT2D eigenvalue weighted by Crippen LogP contribution is -2.50. The zero-order valence-corrected chi connectivity index (χ0v) is 14.4. The number of nitrogens with two attached hydrogens (primary N) is 1. The van der Waals surface area contributed by atoms with E-state index in [9.17, 15) is 0 Å². The van der Waals surface area contributed by atoms with Gasteiger partial charge in [-0.05, 0) is 68.7 Å². The molecule has 2 aliphatic carbocycles. The molecule has 3 atom stereocenters. The Kier molecular flexibility index (Phi) is 5.18. The van der Waals surface area contributed by atoms with Crippen LogP contribution in [0.4, 0.5) is 0 Å². The molecule has 0 heterocycles. The first-order chi connectivity index (χ1) is 9.32. The SMILES string of the molecule is CC1CCC(N(C)CC2CCC(N)C(C)C2(C)C)CC1. The minimum atomic E-state index is 0.383. The second-order valence-electron chi connectivity index (χ2n) is 8.40. The summed E-state index contributed by atoms with van der Waals surface area (Å²) in [6.07, 6.45) is 8.17. The van der Waals surface area contributed by atoms with Gasteiger partial charge in [0.1, 0.15) is 0 Å². The summed E-state index contributed by atoms with van der Waals surface area (Å²) in [5.41, 5.74) is 6.67. The largest absolute Gasteiger partial charge is 0.327 e. The van der Waals surface area contributed by atoms with Crippen molar-refractivity contribution in [1.29, 1.82) is 0 Å². The molecule has 2 heteroatoms. The van der Waals surface area contributed by atoms with Gasteiger partial charge in [-0.25, -0.2) is 0 Å². The average Bonchev–Trinajstić information content (AvgIpc) is 2.40. The molecule has 2 saturated carbocycles. The first-order valence-corrected chi connectivity index (χ1v) is 8.78. The highest BCUT2D eigenvalue weighted by molar-refractivity contribution is 4.94. The molecule has 20 heavy (non-hydrogen) atoms. The van der Waals surface area contributed by atoms with Crippen molar-refractivity contribution in [2.75, 3.05) is 13.6 Å². The van der Waals surface area contributed by atoms with Gasteiger partial charge in [-0.15, -0.1) is 0 Å². The van der Waals surface area contributed by atoms with E-state index in [-0.39, 0.29) is 0 Å². The summed E-state index contributed by atoms with van der Waals surface area (Å²) >= 11 is 0. The highest BCUT2D eigenvalue weighted by Gasteiger charge is 2.42. The van der Waals surface area contributed by atoms with E-state index in [2.05, 4.69) is 39.6 Å². The van der Waals surface area contributed by atoms with Gasteiger partial charge in [0.2, 0.25) is 0 Å². The van der Waals surface area contributed by atoms with Gasteiger partial charge < -0.3 is 10.6 Å². The maximum Gasteiger partial charge on any atom is 0.00925 e. The minimum Gasteiger partial charge on any atom is -0.327 e. The van der Waals surface area contributed by atoms with Crippen molar-refractivity contribution in [3.05, 3.63) is 0 Å². The van der Waals surface area contributed by atoms with E-state index in [0.29, 0.717) is 17.4 Å². The van der Waals surface area contributed by atoms with Crippen molar-refractivity contribution in [2.24, 2.45) is 28.9 Å². The lowest BCUT2D eigenvalue weighted by atomic mass is 9.61. The minimum absolute atomic E-state index is 0.383. The molecule has 2 nitrogen and oxygen atoms in total. The summed E-state index contributed by atoms with van der Waals surface area (Å²) in [5, 5.41) is 0. The first-order valence-electron chi connectivity index (χ1n) is 8.78. The van der Waals surface area contributed by atoms with Gasteiger partial charge in [-0.2, -0.15) is 0 Å². The molecule has 2 rings (SSSR count). The lowest BCUT2D eigenvalue weighted by molar-refractivity contribution is 0.0200. The van der Waals surface area contributed by atoms with Gasteiger partial charge in [0.15, 0.2) is 0 Å². The normalized spacial score (nSPS) is 41.9. The zero-order chi connectivity index (χ0) is 14.9. The van der Waals surface area contributed by atoms with Gasteiger partial charge >= 0.3 is 0 Å². The van der Waals surface area contributed by atoms with Crippen LogP contribution in [0.15, 0.2) is 0 Å². The molecule has 0 saturated heterocycles. The van der Waals surface area contributed by atoms with E-state index in [4.69, 9.17) is 5.73 Å². The Morgan fingerprint density at radius 2 is 1.60 bits per heavy atom. The van der Waals surface area contributed by atoms with Crippen molar-refractivity contribution >= 4 is 0 Å². The number of nitrogens with zero attached hydrogens (tertiary/aromatic N) is 1. The third kappa shape index (κ3) is 3.39. The quantitative estimate of drug-likeness (QED) is 0.849. The molecule has 0 radical (unpaired) electrons. The molecule has 2 aliphatic rings. The fourth-order valence-corrected chi connectivity index (χ4v) is 4.45. The van der Waals surface area contributed by atoms with Gasteiger partial charge in [0.25, 0.3) is 0 Å². The van der Waals surface area contributed by atoms with Crippen LogP contribution in [0.5, 0.6) is 0 Å². The van der Waals surface area contributed by atoms with Crippen molar-refractivity contribution in [2.45, 2.75) is 78.3 Å². The van der Waals surface area contributed by atoms with Crippen LogP contribution in [0.2, 0.25) is 0 Å². The number of hydrogen-bond acceptors (Lipinski definition) is 2. The summed E-state index contributed by atoms with van der Waals surface area (Å²) in [6, 6.07) is 1.23. The molecular weight excluding hydrogens is 244 g/mol. The van der Waals surface area contributed by atoms with Crippen LogP contribution in [-0.4, -0.2) is 30.6 Å². The lowest BCUT2D eigenvalue weighted by Gasteiger charge is -2.49. The van der Waals surface area contributed by atoms with E-state index in [1.165, 1.54) is 45.1 Å². The van der Waals surface area contributed by atoms with Crippen LogP contribution in [0.25, 0.3) is 0 Å². The third-order valence-electron chi connectivity index (χ3n) is 6.83. The highest BCUT2D eigenvalue weighted by Crippen LogP contribution is 2.45. The number of rotatable bonds is 3. The van der Waals surface area contributed by atoms with Crippen LogP contribution in [0.3, 0.4) is 0 Å². The fraction of sp³-hybridized carbons (Fsp3) is 1.00. The molecule has 0 aromatic rings. The van der Waals surface area contributed by atoms with Gasteiger partial charge in [0, 0.05) is 18.6 Å². The molecule has 0 spiro atoms. The van der Waals surface area contributed by atoms with Crippen LogP contribution >= 0.6 is 0 Å². The summed E-state index contributed by atoms with van der Waals surface area (Å²) < 4.78 is 0. The Hall–Kier alpha value is -0.0800. The standard InChI is InChI=1S/C18H36N2/c1-13-6-9-16(10-7-13)20(5)12-15-8-11-17(19)14(2)18(15,3)4/h13-17H,6-12,19H2,1-5H3. The topological polar surface area (TPSA) is 29.3 Å². The van der Waals surface area contributed by atoms with E-state index in [0.717, 1.165) is 17.9 Å².